The molecule has 1 aromatic rings. The Bertz CT molecular complexity index is 400. The molecule has 1 unspecified atom stereocenters. The summed E-state index contributed by atoms with van der Waals surface area (Å²) >= 11 is 0. The molecule has 0 radical (unpaired) electrons. The van der Waals surface area contributed by atoms with E-state index in [0.717, 1.165) is 17.9 Å². The Kier molecular flexibility index (Phi) is 2.06. The van der Waals surface area contributed by atoms with Crippen LogP contribution in [0.2, 0.25) is 0 Å². The summed E-state index contributed by atoms with van der Waals surface area (Å²) in [5, 5.41) is 3.95. The van der Waals surface area contributed by atoms with Crippen molar-refractivity contribution < 1.29 is 4.52 Å². The molecule has 2 rings (SSSR count). The Morgan fingerprint density at radius 2 is 2.21 bits per heavy atom. The van der Waals surface area contributed by atoms with Crippen molar-refractivity contribution in [2.45, 2.75) is 32.6 Å². The van der Waals surface area contributed by atoms with Gasteiger partial charge in [-0.05, 0) is 27.2 Å². The van der Waals surface area contributed by atoms with Crippen LogP contribution in [-0.2, 0) is 5.41 Å². The molecule has 1 atom stereocenters. The zero-order chi connectivity index (χ0) is 10.2. The Morgan fingerprint density at radius 3 is 2.79 bits per heavy atom. The van der Waals surface area contributed by atoms with E-state index in [9.17, 15) is 0 Å². The molecule has 1 aliphatic carbocycles. The van der Waals surface area contributed by atoms with Crippen molar-refractivity contribution in [1.82, 2.24) is 5.16 Å². The lowest BCUT2D eigenvalue weighted by Gasteiger charge is -2.28. The molecule has 0 fully saturated rings. The summed E-state index contributed by atoms with van der Waals surface area (Å²) in [6, 6.07) is 2.02. The van der Waals surface area contributed by atoms with Gasteiger partial charge >= 0.3 is 0 Å². The molecule has 14 heavy (non-hydrogen) atoms. The van der Waals surface area contributed by atoms with Crippen LogP contribution < -0.4 is 0 Å². The monoisotopic (exact) mass is 189 g/mol. The van der Waals surface area contributed by atoms with Gasteiger partial charge in [0, 0.05) is 6.07 Å². The van der Waals surface area contributed by atoms with Gasteiger partial charge in [-0.3, -0.25) is 0 Å². The van der Waals surface area contributed by atoms with Crippen LogP contribution in [0.15, 0.2) is 34.4 Å². The predicted octanol–water partition coefficient (Wildman–Crippen LogP) is 3.15. The molecule has 0 amide bonds. The normalized spacial score (nSPS) is 26.4. The van der Waals surface area contributed by atoms with Gasteiger partial charge in [-0.25, -0.2) is 0 Å². The van der Waals surface area contributed by atoms with Gasteiger partial charge < -0.3 is 4.52 Å². The lowest BCUT2D eigenvalue weighted by molar-refractivity contribution is 0.324. The molecule has 1 aliphatic rings. The minimum absolute atomic E-state index is 0.00396. The van der Waals surface area contributed by atoms with E-state index in [1.54, 1.807) is 0 Å². The number of hydrogen-bond acceptors (Lipinski definition) is 2. The zero-order valence-electron chi connectivity index (χ0n) is 8.87. The number of allylic oxidation sites excluding steroid dienone is 4. The minimum Gasteiger partial charge on any atom is -0.360 e. The molecule has 2 nitrogen and oxygen atoms in total. The summed E-state index contributed by atoms with van der Waals surface area (Å²) in [6.07, 6.45) is 7.40. The van der Waals surface area contributed by atoms with Crippen LogP contribution >= 0.6 is 0 Å². The Hall–Kier alpha value is -1.31. The topological polar surface area (TPSA) is 26.0 Å². The SMILES string of the molecule is CC1=CC=CCC1(C)c1cc(C)no1. The first-order chi connectivity index (χ1) is 6.63. The fourth-order valence-electron chi connectivity index (χ4n) is 1.78. The van der Waals surface area contributed by atoms with Gasteiger partial charge in [0.15, 0.2) is 0 Å². The molecule has 0 aromatic carbocycles. The first-order valence-electron chi connectivity index (χ1n) is 4.90. The highest BCUT2D eigenvalue weighted by Crippen LogP contribution is 2.37. The van der Waals surface area contributed by atoms with Crippen molar-refractivity contribution >= 4 is 0 Å². The third-order valence-corrected chi connectivity index (χ3v) is 3.05. The van der Waals surface area contributed by atoms with Crippen molar-refractivity contribution in [3.8, 4) is 0 Å². The van der Waals surface area contributed by atoms with Gasteiger partial charge in [-0.1, -0.05) is 29.0 Å². The van der Waals surface area contributed by atoms with Crippen molar-refractivity contribution in [3.05, 3.63) is 41.3 Å². The van der Waals surface area contributed by atoms with Crippen LogP contribution in [0.25, 0.3) is 0 Å². The van der Waals surface area contributed by atoms with Crippen molar-refractivity contribution in [2.75, 3.05) is 0 Å². The molecule has 1 aromatic heterocycles. The molecule has 0 N–H and O–H groups in total. The molecule has 0 saturated carbocycles. The predicted molar refractivity (Wildman–Crippen MR) is 56.1 cm³/mol. The second-order valence-corrected chi connectivity index (χ2v) is 4.15. The number of nitrogens with zero attached hydrogens (tertiary/aromatic N) is 1. The van der Waals surface area contributed by atoms with E-state index in [1.165, 1.54) is 5.57 Å². The molecular weight excluding hydrogens is 174 g/mol. The number of aryl methyl sites for hydroxylation is 1. The summed E-state index contributed by atoms with van der Waals surface area (Å²) in [4.78, 5) is 0. The van der Waals surface area contributed by atoms with E-state index in [4.69, 9.17) is 4.52 Å². The van der Waals surface area contributed by atoms with Crippen molar-refractivity contribution in [1.29, 1.82) is 0 Å². The van der Waals surface area contributed by atoms with E-state index >= 15 is 0 Å². The average Bonchev–Trinajstić information content (AvgIpc) is 2.58. The fourth-order valence-corrected chi connectivity index (χ4v) is 1.78. The second kappa shape index (κ2) is 3.12. The summed E-state index contributed by atoms with van der Waals surface area (Å²) < 4.78 is 5.35. The Balaban J connectivity index is 2.42. The van der Waals surface area contributed by atoms with Gasteiger partial charge in [0.25, 0.3) is 0 Å². The van der Waals surface area contributed by atoms with Gasteiger partial charge in [-0.2, -0.15) is 0 Å². The van der Waals surface area contributed by atoms with Gasteiger partial charge in [-0.15, -0.1) is 0 Å². The zero-order valence-corrected chi connectivity index (χ0v) is 8.87. The van der Waals surface area contributed by atoms with E-state index in [0.29, 0.717) is 0 Å². The van der Waals surface area contributed by atoms with Crippen LogP contribution in [0.4, 0.5) is 0 Å². The molecule has 2 heteroatoms. The highest BCUT2D eigenvalue weighted by Gasteiger charge is 2.32. The first-order valence-corrected chi connectivity index (χ1v) is 4.90. The third kappa shape index (κ3) is 1.31. The smallest absolute Gasteiger partial charge is 0.147 e. The molecule has 1 heterocycles. The van der Waals surface area contributed by atoms with Crippen molar-refractivity contribution in [2.24, 2.45) is 0 Å². The summed E-state index contributed by atoms with van der Waals surface area (Å²) in [7, 11) is 0. The number of rotatable bonds is 1. The maximum atomic E-state index is 5.35. The van der Waals surface area contributed by atoms with Gasteiger partial charge in [0.1, 0.15) is 5.76 Å². The van der Waals surface area contributed by atoms with Crippen LogP contribution in [0.3, 0.4) is 0 Å². The lowest BCUT2D eigenvalue weighted by Crippen LogP contribution is -2.23. The van der Waals surface area contributed by atoms with E-state index in [2.05, 4.69) is 37.2 Å². The van der Waals surface area contributed by atoms with E-state index in [1.807, 2.05) is 13.0 Å². The van der Waals surface area contributed by atoms with E-state index in [-0.39, 0.29) is 5.41 Å². The maximum Gasteiger partial charge on any atom is 0.147 e. The molecule has 74 valence electrons. The highest BCUT2D eigenvalue weighted by molar-refractivity contribution is 5.35. The van der Waals surface area contributed by atoms with Crippen LogP contribution in [-0.4, -0.2) is 5.16 Å². The van der Waals surface area contributed by atoms with E-state index < -0.39 is 0 Å². The van der Waals surface area contributed by atoms with Gasteiger partial charge in [0.05, 0.1) is 11.1 Å². The van der Waals surface area contributed by atoms with Gasteiger partial charge in [0.2, 0.25) is 0 Å². The largest absolute Gasteiger partial charge is 0.360 e. The minimum atomic E-state index is -0.00396. The third-order valence-electron chi connectivity index (χ3n) is 3.05. The number of aromatic nitrogens is 1. The lowest BCUT2D eigenvalue weighted by atomic mass is 9.75. The van der Waals surface area contributed by atoms with Crippen LogP contribution in [0.5, 0.6) is 0 Å². The Morgan fingerprint density at radius 1 is 1.43 bits per heavy atom. The molecule has 0 aliphatic heterocycles. The summed E-state index contributed by atoms with van der Waals surface area (Å²) in [6.45, 7) is 6.29. The quantitative estimate of drug-likeness (QED) is 0.678. The molecule has 0 bridgehead atoms. The summed E-state index contributed by atoms with van der Waals surface area (Å²) in [5.74, 6) is 0.966. The first kappa shape index (κ1) is 9.25. The van der Waals surface area contributed by atoms with Crippen LogP contribution in [0.1, 0.15) is 31.7 Å². The summed E-state index contributed by atoms with van der Waals surface area (Å²) in [5.41, 5.74) is 2.27. The molecule has 0 spiro atoms. The average molecular weight is 189 g/mol. The second-order valence-electron chi connectivity index (χ2n) is 4.15. The standard InChI is InChI=1S/C12H15NO/c1-9-6-4-5-7-12(9,3)11-8-10(2)13-14-11/h4-6,8H,7H2,1-3H3. The van der Waals surface area contributed by atoms with Crippen molar-refractivity contribution in [3.63, 3.8) is 0 Å². The van der Waals surface area contributed by atoms with Crippen LogP contribution in [0, 0.1) is 6.92 Å². The molecule has 0 saturated heterocycles. The fraction of sp³-hybridized carbons (Fsp3) is 0.417. The maximum absolute atomic E-state index is 5.35. The highest BCUT2D eigenvalue weighted by atomic mass is 16.5. The number of hydrogen-bond donors (Lipinski definition) is 0. The molecular formula is C12H15NO. The Labute approximate surface area is 84.3 Å².